The second kappa shape index (κ2) is 5.07. The summed E-state index contributed by atoms with van der Waals surface area (Å²) in [7, 11) is -3.52. The lowest BCUT2D eigenvalue weighted by atomic mass is 9.95. The van der Waals surface area contributed by atoms with E-state index in [0.717, 1.165) is 0 Å². The molecule has 0 unspecified atom stereocenters. The third kappa shape index (κ3) is 4.85. The highest BCUT2D eigenvalue weighted by Gasteiger charge is 2.21. The normalized spacial score (nSPS) is 12.2. The van der Waals surface area contributed by atoms with E-state index in [1.807, 2.05) is 20.8 Å². The number of carbonyl (C=O) groups is 1. The number of anilines is 1. The first-order valence-corrected chi connectivity index (χ1v) is 7.20. The topological polar surface area (TPSA) is 89.3 Å². The maximum absolute atomic E-state index is 11.7. The summed E-state index contributed by atoms with van der Waals surface area (Å²) in [6, 6.07) is 6.57. The Balaban J connectivity index is 2.75. The van der Waals surface area contributed by atoms with Gasteiger partial charge in [-0.05, 0) is 17.7 Å². The largest absolute Gasteiger partial charge is 0.326 e. The van der Waals surface area contributed by atoms with Crippen LogP contribution in [-0.4, -0.2) is 14.3 Å². The summed E-state index contributed by atoms with van der Waals surface area (Å²) >= 11 is 0. The number of nitrogens with two attached hydrogens (primary N) is 1. The zero-order chi connectivity index (χ0) is 14.0. The van der Waals surface area contributed by atoms with Crippen LogP contribution < -0.4 is 10.5 Å². The fourth-order valence-corrected chi connectivity index (χ4v) is 1.89. The molecule has 0 saturated carbocycles. The number of benzene rings is 1. The molecule has 0 aliphatic carbocycles. The van der Waals surface area contributed by atoms with E-state index >= 15 is 0 Å². The quantitative estimate of drug-likeness (QED) is 0.871. The number of nitrogens with one attached hydrogen (secondary N) is 1. The maximum atomic E-state index is 11.7. The Morgan fingerprint density at radius 3 is 2.11 bits per heavy atom. The van der Waals surface area contributed by atoms with Crippen LogP contribution >= 0.6 is 0 Å². The van der Waals surface area contributed by atoms with Crippen LogP contribution in [0.2, 0.25) is 0 Å². The van der Waals surface area contributed by atoms with Crippen molar-refractivity contribution in [2.75, 3.05) is 5.32 Å². The summed E-state index contributed by atoms with van der Waals surface area (Å²) in [5.74, 6) is -0.303. The molecule has 0 heterocycles. The average Bonchev–Trinajstić information content (AvgIpc) is 2.17. The van der Waals surface area contributed by atoms with Crippen LogP contribution in [0.15, 0.2) is 24.3 Å². The third-order valence-electron chi connectivity index (χ3n) is 2.26. The monoisotopic (exact) mass is 270 g/mol. The van der Waals surface area contributed by atoms with Crippen molar-refractivity contribution >= 4 is 21.6 Å². The third-order valence-corrected chi connectivity index (χ3v) is 3.00. The van der Waals surface area contributed by atoms with E-state index in [9.17, 15) is 13.2 Å². The number of amides is 1. The molecular formula is C12H18N2O3S. The first kappa shape index (κ1) is 14.7. The SMILES string of the molecule is CC(C)(C)C(=O)Nc1ccc(CS(N)(=O)=O)cc1. The summed E-state index contributed by atoms with van der Waals surface area (Å²) in [6.07, 6.45) is 0. The van der Waals surface area contributed by atoms with Gasteiger partial charge in [0.15, 0.2) is 0 Å². The molecule has 3 N–H and O–H groups in total. The first-order chi connectivity index (χ1) is 8.08. The molecule has 0 aliphatic heterocycles. The molecule has 0 fully saturated rings. The number of hydrogen-bond donors (Lipinski definition) is 2. The molecule has 5 nitrogen and oxygen atoms in total. The number of hydrogen-bond acceptors (Lipinski definition) is 3. The molecule has 0 bridgehead atoms. The average molecular weight is 270 g/mol. The van der Waals surface area contributed by atoms with Crippen LogP contribution in [0, 0.1) is 5.41 Å². The van der Waals surface area contributed by atoms with E-state index in [0.29, 0.717) is 11.3 Å². The van der Waals surface area contributed by atoms with E-state index < -0.39 is 15.4 Å². The molecule has 1 amide bonds. The van der Waals surface area contributed by atoms with Crippen molar-refractivity contribution in [2.45, 2.75) is 26.5 Å². The Labute approximate surface area is 107 Å². The fraction of sp³-hybridized carbons (Fsp3) is 0.417. The fourth-order valence-electron chi connectivity index (χ4n) is 1.24. The van der Waals surface area contributed by atoms with E-state index in [-0.39, 0.29) is 11.7 Å². The summed E-state index contributed by atoms with van der Waals surface area (Å²) in [4.78, 5) is 11.7. The molecule has 0 radical (unpaired) electrons. The zero-order valence-corrected chi connectivity index (χ0v) is 11.5. The number of primary sulfonamides is 1. The van der Waals surface area contributed by atoms with Crippen LogP contribution in [0.25, 0.3) is 0 Å². The van der Waals surface area contributed by atoms with Crippen molar-refractivity contribution in [1.82, 2.24) is 0 Å². The minimum Gasteiger partial charge on any atom is -0.326 e. The Morgan fingerprint density at radius 2 is 1.72 bits per heavy atom. The Morgan fingerprint density at radius 1 is 1.22 bits per heavy atom. The van der Waals surface area contributed by atoms with Gasteiger partial charge in [0.2, 0.25) is 15.9 Å². The second-order valence-electron chi connectivity index (χ2n) is 5.21. The summed E-state index contributed by atoms with van der Waals surface area (Å²) in [5, 5.41) is 7.70. The lowest BCUT2D eigenvalue weighted by Crippen LogP contribution is -2.27. The summed E-state index contributed by atoms with van der Waals surface area (Å²) < 4.78 is 21.8. The van der Waals surface area contributed by atoms with E-state index in [4.69, 9.17) is 5.14 Å². The van der Waals surface area contributed by atoms with Crippen molar-refractivity contribution < 1.29 is 13.2 Å². The Bertz CT molecular complexity index is 527. The van der Waals surface area contributed by atoms with Crippen molar-refractivity contribution in [3.63, 3.8) is 0 Å². The Hall–Kier alpha value is -1.40. The molecule has 18 heavy (non-hydrogen) atoms. The predicted molar refractivity (Wildman–Crippen MR) is 71.3 cm³/mol. The van der Waals surface area contributed by atoms with Crippen molar-refractivity contribution in [1.29, 1.82) is 0 Å². The standard InChI is InChI=1S/C12H18N2O3S/c1-12(2,3)11(15)14-10-6-4-9(5-7-10)8-18(13,16)17/h4-7H,8H2,1-3H3,(H,14,15)(H2,13,16,17). The molecule has 6 heteroatoms. The van der Waals surface area contributed by atoms with Crippen molar-refractivity contribution in [3.05, 3.63) is 29.8 Å². The van der Waals surface area contributed by atoms with Gasteiger partial charge in [0.25, 0.3) is 0 Å². The lowest BCUT2D eigenvalue weighted by molar-refractivity contribution is -0.123. The van der Waals surface area contributed by atoms with Crippen LogP contribution in [0.1, 0.15) is 26.3 Å². The zero-order valence-electron chi connectivity index (χ0n) is 10.7. The number of carbonyl (C=O) groups excluding carboxylic acids is 1. The maximum Gasteiger partial charge on any atom is 0.229 e. The van der Waals surface area contributed by atoms with Gasteiger partial charge in [-0.2, -0.15) is 0 Å². The second-order valence-corrected chi connectivity index (χ2v) is 6.82. The van der Waals surface area contributed by atoms with Crippen LogP contribution in [0.3, 0.4) is 0 Å². The molecule has 0 saturated heterocycles. The van der Waals surface area contributed by atoms with Crippen LogP contribution in [-0.2, 0) is 20.6 Å². The van der Waals surface area contributed by atoms with Gasteiger partial charge in [-0.3, -0.25) is 4.79 Å². The lowest BCUT2D eigenvalue weighted by Gasteiger charge is -2.17. The molecule has 1 aromatic rings. The molecule has 0 aromatic heterocycles. The molecule has 100 valence electrons. The highest BCUT2D eigenvalue weighted by atomic mass is 32.2. The van der Waals surface area contributed by atoms with Gasteiger partial charge in [-0.15, -0.1) is 0 Å². The smallest absolute Gasteiger partial charge is 0.229 e. The van der Waals surface area contributed by atoms with Crippen LogP contribution in [0.4, 0.5) is 5.69 Å². The van der Waals surface area contributed by atoms with E-state index in [2.05, 4.69) is 5.32 Å². The van der Waals surface area contributed by atoms with Gasteiger partial charge in [0.1, 0.15) is 0 Å². The number of sulfonamides is 1. The van der Waals surface area contributed by atoms with Crippen molar-refractivity contribution in [3.8, 4) is 0 Å². The molecule has 0 atom stereocenters. The first-order valence-electron chi connectivity index (χ1n) is 5.49. The minimum absolute atomic E-state index is 0.0957. The van der Waals surface area contributed by atoms with Gasteiger partial charge >= 0.3 is 0 Å². The number of rotatable bonds is 3. The van der Waals surface area contributed by atoms with Gasteiger partial charge in [0.05, 0.1) is 5.75 Å². The summed E-state index contributed by atoms with van der Waals surface area (Å²) in [5.41, 5.74) is 0.749. The van der Waals surface area contributed by atoms with Gasteiger partial charge in [0, 0.05) is 11.1 Å². The van der Waals surface area contributed by atoms with E-state index in [1.54, 1.807) is 24.3 Å². The molecule has 0 spiro atoms. The highest BCUT2D eigenvalue weighted by Crippen LogP contribution is 2.18. The predicted octanol–water partition coefficient (Wildman–Crippen LogP) is 1.46. The molecule has 1 aromatic carbocycles. The van der Waals surface area contributed by atoms with Crippen LogP contribution in [0.5, 0.6) is 0 Å². The van der Waals surface area contributed by atoms with Crippen molar-refractivity contribution in [2.24, 2.45) is 10.6 Å². The van der Waals surface area contributed by atoms with Gasteiger partial charge in [-0.1, -0.05) is 32.9 Å². The van der Waals surface area contributed by atoms with Gasteiger partial charge < -0.3 is 5.32 Å². The minimum atomic E-state index is -3.52. The molecule has 0 aliphatic rings. The van der Waals surface area contributed by atoms with Gasteiger partial charge in [-0.25, -0.2) is 13.6 Å². The Kier molecular flexibility index (Phi) is 4.13. The van der Waals surface area contributed by atoms with E-state index in [1.165, 1.54) is 0 Å². The molecular weight excluding hydrogens is 252 g/mol. The highest BCUT2D eigenvalue weighted by molar-refractivity contribution is 7.88. The molecule has 1 rings (SSSR count). The summed E-state index contributed by atoms with van der Waals surface area (Å²) in [6.45, 7) is 5.45.